The highest BCUT2D eigenvalue weighted by Gasteiger charge is 2.37. The normalized spacial score (nSPS) is 16.2. The van der Waals surface area contributed by atoms with Gasteiger partial charge in [0, 0.05) is 24.2 Å². The molecule has 1 aliphatic rings. The van der Waals surface area contributed by atoms with Crippen molar-refractivity contribution in [2.75, 3.05) is 13.1 Å². The number of hydrogen-bond acceptors (Lipinski definition) is 3. The largest absolute Gasteiger partial charge is 0.417 e. The van der Waals surface area contributed by atoms with Crippen LogP contribution in [0.2, 0.25) is 5.02 Å². The molecular formula is C12H14ClF3N2O2S. The third kappa shape index (κ3) is 4.57. The van der Waals surface area contributed by atoms with E-state index in [2.05, 4.69) is 10.0 Å². The van der Waals surface area contributed by atoms with Crippen molar-refractivity contribution in [1.82, 2.24) is 10.0 Å². The lowest BCUT2D eigenvalue weighted by atomic mass is 10.2. The van der Waals surface area contributed by atoms with E-state index in [0.29, 0.717) is 18.7 Å². The molecule has 0 amide bonds. The quantitative estimate of drug-likeness (QED) is 0.780. The fourth-order valence-electron chi connectivity index (χ4n) is 1.78. The van der Waals surface area contributed by atoms with Crippen LogP contribution in [-0.2, 0) is 16.2 Å². The SMILES string of the molecule is O=S(=O)(NCCNC1CC1)c1ccc(Cl)cc1C(F)(F)F. The molecule has 0 aliphatic heterocycles. The Hall–Kier alpha value is -0.830. The van der Waals surface area contributed by atoms with Crippen molar-refractivity contribution in [2.24, 2.45) is 0 Å². The molecule has 0 aromatic heterocycles. The lowest BCUT2D eigenvalue weighted by Crippen LogP contribution is -2.33. The van der Waals surface area contributed by atoms with Gasteiger partial charge in [-0.25, -0.2) is 13.1 Å². The van der Waals surface area contributed by atoms with Gasteiger partial charge >= 0.3 is 6.18 Å². The van der Waals surface area contributed by atoms with Crippen LogP contribution in [0.5, 0.6) is 0 Å². The topological polar surface area (TPSA) is 58.2 Å². The first-order valence-corrected chi connectivity index (χ1v) is 8.16. The summed E-state index contributed by atoms with van der Waals surface area (Å²) >= 11 is 5.52. The van der Waals surface area contributed by atoms with Gasteiger partial charge in [-0.1, -0.05) is 11.6 Å². The van der Waals surface area contributed by atoms with Crippen molar-refractivity contribution in [1.29, 1.82) is 0 Å². The summed E-state index contributed by atoms with van der Waals surface area (Å²) in [4.78, 5) is -0.814. The second kappa shape index (κ2) is 6.12. The average Bonchev–Trinajstić information content (AvgIpc) is 3.17. The van der Waals surface area contributed by atoms with Crippen molar-refractivity contribution in [3.05, 3.63) is 28.8 Å². The number of nitrogens with one attached hydrogen (secondary N) is 2. The zero-order chi connectivity index (χ0) is 15.7. The summed E-state index contributed by atoms with van der Waals surface area (Å²) in [6.45, 7) is 0.400. The zero-order valence-corrected chi connectivity index (χ0v) is 12.4. The Balaban J connectivity index is 2.14. The molecule has 0 heterocycles. The maximum atomic E-state index is 12.9. The van der Waals surface area contributed by atoms with E-state index in [1.54, 1.807) is 0 Å². The Bertz CT molecular complexity index is 615. The minimum Gasteiger partial charge on any atom is -0.313 e. The fourth-order valence-corrected chi connectivity index (χ4v) is 3.19. The van der Waals surface area contributed by atoms with E-state index in [1.165, 1.54) is 0 Å². The van der Waals surface area contributed by atoms with Crippen LogP contribution in [-0.4, -0.2) is 27.5 Å². The van der Waals surface area contributed by atoms with Crippen molar-refractivity contribution >= 4 is 21.6 Å². The van der Waals surface area contributed by atoms with Gasteiger partial charge in [0.25, 0.3) is 0 Å². The molecule has 1 aliphatic carbocycles. The maximum absolute atomic E-state index is 12.9. The molecule has 2 N–H and O–H groups in total. The number of rotatable bonds is 6. The lowest BCUT2D eigenvalue weighted by Gasteiger charge is -2.14. The van der Waals surface area contributed by atoms with Gasteiger partial charge in [-0.2, -0.15) is 13.2 Å². The van der Waals surface area contributed by atoms with Crippen molar-refractivity contribution in [3.63, 3.8) is 0 Å². The van der Waals surface area contributed by atoms with Crippen LogP contribution in [0.15, 0.2) is 23.1 Å². The van der Waals surface area contributed by atoms with Gasteiger partial charge in [0.1, 0.15) is 0 Å². The lowest BCUT2D eigenvalue weighted by molar-refractivity contribution is -0.139. The van der Waals surface area contributed by atoms with Gasteiger partial charge in [-0.05, 0) is 31.0 Å². The van der Waals surface area contributed by atoms with Gasteiger partial charge in [-0.3, -0.25) is 0 Å². The zero-order valence-electron chi connectivity index (χ0n) is 10.9. The molecule has 1 aromatic rings. The number of halogens is 4. The van der Waals surface area contributed by atoms with Crippen LogP contribution in [0.25, 0.3) is 0 Å². The summed E-state index contributed by atoms with van der Waals surface area (Å²) < 4.78 is 64.8. The second-order valence-electron chi connectivity index (χ2n) is 4.76. The van der Waals surface area contributed by atoms with Gasteiger partial charge in [-0.15, -0.1) is 0 Å². The standard InChI is InChI=1S/C12H14ClF3N2O2S/c13-8-1-4-11(10(7-8)12(14,15)16)21(19,20)18-6-5-17-9-2-3-9/h1,4,7,9,17-18H,2-3,5-6H2. The van der Waals surface area contributed by atoms with E-state index in [9.17, 15) is 21.6 Å². The summed E-state index contributed by atoms with van der Waals surface area (Å²) in [5.41, 5.74) is -1.27. The van der Waals surface area contributed by atoms with Crippen molar-refractivity contribution < 1.29 is 21.6 Å². The number of alkyl halides is 3. The van der Waals surface area contributed by atoms with Crippen molar-refractivity contribution in [2.45, 2.75) is 30.0 Å². The van der Waals surface area contributed by atoms with E-state index >= 15 is 0 Å². The monoisotopic (exact) mass is 342 g/mol. The third-order valence-electron chi connectivity index (χ3n) is 2.96. The molecule has 0 radical (unpaired) electrons. The summed E-state index contributed by atoms with van der Waals surface area (Å²) in [6.07, 6.45) is -2.70. The highest BCUT2D eigenvalue weighted by Crippen LogP contribution is 2.35. The molecule has 0 spiro atoms. The Morgan fingerprint density at radius 1 is 1.24 bits per heavy atom. The number of hydrogen-bond donors (Lipinski definition) is 2. The first-order valence-electron chi connectivity index (χ1n) is 6.30. The molecule has 1 aromatic carbocycles. The molecule has 118 valence electrons. The van der Waals surface area contributed by atoms with E-state index in [-0.39, 0.29) is 11.6 Å². The fraction of sp³-hybridized carbons (Fsp3) is 0.500. The van der Waals surface area contributed by atoms with Crippen LogP contribution in [0.1, 0.15) is 18.4 Å². The van der Waals surface area contributed by atoms with Crippen molar-refractivity contribution in [3.8, 4) is 0 Å². The Labute approximate surface area is 125 Å². The highest BCUT2D eigenvalue weighted by atomic mass is 35.5. The predicted octanol–water partition coefficient (Wildman–Crippen LogP) is 2.39. The first kappa shape index (κ1) is 16.5. The van der Waals surface area contributed by atoms with Crippen LogP contribution >= 0.6 is 11.6 Å². The molecule has 0 bridgehead atoms. The minimum absolute atomic E-state index is 0.0265. The molecule has 0 atom stereocenters. The smallest absolute Gasteiger partial charge is 0.313 e. The van der Waals surface area contributed by atoms with Gasteiger partial charge in [0.05, 0.1) is 10.5 Å². The molecule has 0 unspecified atom stereocenters. The third-order valence-corrected chi connectivity index (χ3v) is 4.72. The second-order valence-corrected chi connectivity index (χ2v) is 6.94. The number of benzene rings is 1. The van der Waals surface area contributed by atoms with Gasteiger partial charge in [0.2, 0.25) is 10.0 Å². The van der Waals surface area contributed by atoms with E-state index in [4.69, 9.17) is 11.6 Å². The Morgan fingerprint density at radius 2 is 1.90 bits per heavy atom. The van der Waals surface area contributed by atoms with E-state index in [0.717, 1.165) is 25.0 Å². The molecule has 9 heteroatoms. The summed E-state index contributed by atoms with van der Waals surface area (Å²) in [6, 6.07) is 2.99. The summed E-state index contributed by atoms with van der Waals surface area (Å²) in [5, 5.41) is 2.89. The van der Waals surface area contributed by atoms with Gasteiger partial charge < -0.3 is 5.32 Å². The van der Waals surface area contributed by atoms with Crippen LogP contribution in [0.4, 0.5) is 13.2 Å². The minimum atomic E-state index is -4.79. The average molecular weight is 343 g/mol. The van der Waals surface area contributed by atoms with Crippen LogP contribution < -0.4 is 10.0 Å². The van der Waals surface area contributed by atoms with E-state index in [1.807, 2.05) is 0 Å². The molecule has 21 heavy (non-hydrogen) atoms. The van der Waals surface area contributed by atoms with E-state index < -0.39 is 26.7 Å². The Kier molecular flexibility index (Phi) is 4.82. The molecule has 1 fully saturated rings. The molecular weight excluding hydrogens is 329 g/mol. The first-order chi connectivity index (χ1) is 9.70. The Morgan fingerprint density at radius 3 is 2.48 bits per heavy atom. The van der Waals surface area contributed by atoms with Crippen LogP contribution in [0, 0.1) is 0 Å². The predicted molar refractivity (Wildman–Crippen MR) is 72.7 cm³/mol. The molecule has 1 saturated carbocycles. The van der Waals surface area contributed by atoms with Gasteiger partial charge in [0.15, 0.2) is 0 Å². The molecule has 0 saturated heterocycles. The van der Waals surface area contributed by atoms with Crippen LogP contribution in [0.3, 0.4) is 0 Å². The maximum Gasteiger partial charge on any atom is 0.417 e. The molecule has 2 rings (SSSR count). The molecule has 4 nitrogen and oxygen atoms in total. The number of sulfonamides is 1. The summed E-state index contributed by atoms with van der Waals surface area (Å²) in [5.74, 6) is 0. The summed E-state index contributed by atoms with van der Waals surface area (Å²) in [7, 11) is -4.24. The highest BCUT2D eigenvalue weighted by molar-refractivity contribution is 7.89.